The van der Waals surface area contributed by atoms with Crippen molar-refractivity contribution in [2.45, 2.75) is 206 Å². The molecule has 3 atom stereocenters. The van der Waals surface area contributed by atoms with Crippen molar-refractivity contribution in [2.75, 3.05) is 19.8 Å². The van der Waals surface area contributed by atoms with Crippen molar-refractivity contribution in [3.63, 3.8) is 0 Å². The molecule has 0 saturated heterocycles. The SMILES string of the molecule is CCC(C(O)COC1(F)C2(F)C(F)(F)C3(F)C(F)(F)C(F)(C2(F)F)C(F)(F)C1(F)C3(F)F)(C(O)COC1(F)C2(F)C(F)(F)C3(F)C(F)(F)C(F)(C2(F)F)C(F)(F)C1(F)C3(F)F)C(O)COC1(F)C2(F)C(F)(F)C3(F)C(F)(F)C(F)(C2(F)F)C(F)(F)C1(F)C3(F)F. The smallest absolute Gasteiger partial charge is 0.339 e. The topological polar surface area (TPSA) is 88.4 Å². The summed E-state index contributed by atoms with van der Waals surface area (Å²) in [6, 6.07) is 0. The van der Waals surface area contributed by atoms with Gasteiger partial charge in [-0.1, -0.05) is 6.92 Å². The lowest BCUT2D eigenvalue weighted by Gasteiger charge is -2.74. The summed E-state index contributed by atoms with van der Waals surface area (Å²) >= 11 is 0. The molecule has 12 bridgehead atoms. The molecule has 12 fully saturated rings. The zero-order chi connectivity index (χ0) is 71.2. The van der Waals surface area contributed by atoms with Crippen LogP contribution < -0.4 is 0 Å². The largest absolute Gasteiger partial charge is 0.390 e. The molecular formula is C39H17F45O6. The molecule has 0 aromatic carbocycles. The van der Waals surface area contributed by atoms with Gasteiger partial charge in [0, 0.05) is 0 Å². The summed E-state index contributed by atoms with van der Waals surface area (Å²) in [4.78, 5) is 0. The highest BCUT2D eigenvalue weighted by Crippen LogP contribution is 2.93. The van der Waals surface area contributed by atoms with Gasteiger partial charge in [0.1, 0.15) is 0 Å². The molecule has 0 aromatic rings. The van der Waals surface area contributed by atoms with Crippen LogP contribution in [0.2, 0.25) is 0 Å². The van der Waals surface area contributed by atoms with E-state index in [2.05, 4.69) is 14.2 Å². The number of ether oxygens (including phenoxy) is 3. The quantitative estimate of drug-likeness (QED) is 0.159. The van der Waals surface area contributed by atoms with Gasteiger partial charge in [-0.2, -0.15) is 132 Å². The van der Waals surface area contributed by atoms with Gasteiger partial charge in [0.15, 0.2) is 0 Å². The number of aliphatic hydroxyl groups is 3. The molecule has 12 saturated carbocycles. The Kier molecular flexibility index (Phi) is 12.2. The van der Waals surface area contributed by atoms with Gasteiger partial charge in [-0.25, -0.2) is 65.9 Å². The summed E-state index contributed by atoms with van der Waals surface area (Å²) in [5, 5.41) is 33.2. The van der Waals surface area contributed by atoms with E-state index >= 15 is 171 Å². The van der Waals surface area contributed by atoms with Crippen LogP contribution in [0, 0.1) is 5.41 Å². The summed E-state index contributed by atoms with van der Waals surface area (Å²) < 4.78 is 712. The van der Waals surface area contributed by atoms with Gasteiger partial charge in [0.05, 0.1) is 43.5 Å². The minimum atomic E-state index is -8.96. The van der Waals surface area contributed by atoms with Crippen molar-refractivity contribution >= 4 is 0 Å². The fourth-order valence-electron chi connectivity index (χ4n) is 14.4. The van der Waals surface area contributed by atoms with Crippen LogP contribution in [-0.4, -0.2) is 228 Å². The molecule has 0 spiro atoms. The lowest BCUT2D eigenvalue weighted by molar-refractivity contribution is -0.617. The first-order valence-electron chi connectivity index (χ1n) is 22.9. The molecule has 3 N–H and O–H groups in total. The van der Waals surface area contributed by atoms with E-state index in [0.717, 1.165) is 0 Å². The van der Waals surface area contributed by atoms with E-state index in [0.29, 0.717) is 0 Å². The number of halogens is 45. The Hall–Kier alpha value is -3.39. The second-order valence-electron chi connectivity index (χ2n) is 22.2. The summed E-state index contributed by atoms with van der Waals surface area (Å²) in [6.07, 6.45) is -19.5. The summed E-state index contributed by atoms with van der Waals surface area (Å²) in [5.41, 5.74) is -112. The van der Waals surface area contributed by atoms with Gasteiger partial charge >= 0.3 is 174 Å². The second-order valence-corrected chi connectivity index (χ2v) is 22.2. The zero-order valence-electron chi connectivity index (χ0n) is 40.6. The number of alkyl halides is 45. The Morgan fingerprint density at radius 2 is 0.311 bits per heavy atom. The molecule has 524 valence electrons. The Morgan fingerprint density at radius 3 is 0.411 bits per heavy atom. The first kappa shape index (κ1) is 70.9. The predicted molar refractivity (Wildman–Crippen MR) is 180 cm³/mol. The van der Waals surface area contributed by atoms with Crippen molar-refractivity contribution in [1.82, 2.24) is 0 Å². The van der Waals surface area contributed by atoms with Gasteiger partial charge in [-0.05, 0) is 6.42 Å². The third-order valence-electron chi connectivity index (χ3n) is 19.4. The molecule has 12 aliphatic carbocycles. The maximum atomic E-state index is 16.9. The predicted octanol–water partition coefficient (Wildman–Crippen LogP) is 11.7. The van der Waals surface area contributed by atoms with Crippen LogP contribution in [0.4, 0.5) is 198 Å². The Morgan fingerprint density at radius 1 is 0.211 bits per heavy atom. The fourth-order valence-corrected chi connectivity index (χ4v) is 14.4. The molecule has 0 aromatic heterocycles. The van der Waals surface area contributed by atoms with Crippen molar-refractivity contribution in [1.29, 1.82) is 0 Å². The van der Waals surface area contributed by atoms with E-state index in [1.54, 1.807) is 0 Å². The lowest BCUT2D eigenvalue weighted by Crippen LogP contribution is -3.09. The first-order valence-corrected chi connectivity index (χ1v) is 22.9. The molecule has 6 nitrogen and oxygen atoms in total. The monoisotopic (exact) mass is 1440 g/mol. The summed E-state index contributed by atoms with van der Waals surface area (Å²) in [7, 11) is 0. The van der Waals surface area contributed by atoms with Gasteiger partial charge in [0.2, 0.25) is 0 Å². The third kappa shape index (κ3) is 4.57. The molecule has 0 aliphatic heterocycles. The molecule has 90 heavy (non-hydrogen) atoms. The van der Waals surface area contributed by atoms with Crippen LogP contribution in [0.25, 0.3) is 0 Å². The Balaban J connectivity index is 1.24. The van der Waals surface area contributed by atoms with Gasteiger partial charge in [-0.15, -0.1) is 0 Å². The standard InChI is InChI=1S/C39H17F45O6/c1-2-9(6(85)3-88-37(82)16(46)25(58,59)10(40)22(52,53)11(41,27(16,62)63)28(64,65)17(37,47)26(10,60)61,7(86)4-89-38(83)18(48)29(66,67)12(42)23(54,55)13(43,31(18,70)71)32(72,73)19(38,49)30(12,68)69)8(87)5-90-39(84)20(50)33(74,75)14(44)24(56,57)15(45,35(20,78)79)36(80,81)21(39,51)34(14,76)77/h6-8,85-87H,2-5H2,1H3. The third-order valence-corrected chi connectivity index (χ3v) is 19.4. The van der Waals surface area contributed by atoms with Crippen LogP contribution in [0.3, 0.4) is 0 Å². The maximum absolute atomic E-state index is 16.9. The van der Waals surface area contributed by atoms with E-state index in [-0.39, 0.29) is 0 Å². The highest BCUT2D eigenvalue weighted by atomic mass is 19.4. The van der Waals surface area contributed by atoms with Crippen molar-refractivity contribution in [2.24, 2.45) is 5.41 Å². The minimum absolute atomic E-state index is 0.634. The highest BCUT2D eigenvalue weighted by molar-refractivity contribution is 5.57. The van der Waals surface area contributed by atoms with Crippen LogP contribution in [0.5, 0.6) is 0 Å². The van der Waals surface area contributed by atoms with Gasteiger partial charge in [-0.3, -0.25) is 0 Å². The van der Waals surface area contributed by atoms with E-state index < -0.39 is 231 Å². The van der Waals surface area contributed by atoms with E-state index in [1.165, 1.54) is 0 Å². The highest BCUT2D eigenvalue weighted by Gasteiger charge is 3.27. The molecular weight excluding hydrogens is 1420 g/mol. The zero-order valence-corrected chi connectivity index (χ0v) is 40.6. The Labute approximate surface area is 459 Å². The lowest BCUT2D eigenvalue weighted by atomic mass is 9.40. The van der Waals surface area contributed by atoms with E-state index in [4.69, 9.17) is 0 Å². The Bertz CT molecular complexity index is 2540. The van der Waals surface area contributed by atoms with Crippen molar-refractivity contribution < 1.29 is 227 Å². The average molecular weight is 1440 g/mol. The van der Waals surface area contributed by atoms with Crippen LogP contribution in [0.15, 0.2) is 0 Å². The fraction of sp³-hybridized carbons (Fsp3) is 1.00. The molecule has 12 aliphatic rings. The molecule has 0 amide bonds. The van der Waals surface area contributed by atoms with Crippen molar-refractivity contribution in [3.05, 3.63) is 0 Å². The second kappa shape index (κ2) is 15.5. The molecule has 3 unspecified atom stereocenters. The van der Waals surface area contributed by atoms with Crippen LogP contribution in [0.1, 0.15) is 13.3 Å². The van der Waals surface area contributed by atoms with Crippen LogP contribution >= 0.6 is 0 Å². The normalized spacial score (nSPS) is 53.4. The number of rotatable bonds is 13. The molecule has 51 heteroatoms. The van der Waals surface area contributed by atoms with E-state index in [9.17, 15) is 41.7 Å². The molecule has 12 rings (SSSR count). The number of hydrogen-bond acceptors (Lipinski definition) is 6. The van der Waals surface area contributed by atoms with Crippen LogP contribution in [-0.2, 0) is 14.2 Å². The maximum Gasteiger partial charge on any atom is 0.339 e. The molecule has 0 heterocycles. The average Bonchev–Trinajstić information content (AvgIpc) is 0.607. The van der Waals surface area contributed by atoms with Gasteiger partial charge < -0.3 is 29.5 Å². The van der Waals surface area contributed by atoms with Gasteiger partial charge in [0.25, 0.3) is 0 Å². The number of aliphatic hydroxyl groups excluding tert-OH is 3. The summed E-state index contributed by atoms with van der Waals surface area (Å²) in [5.74, 6) is -160. The number of hydrogen-bond donors (Lipinski definition) is 3. The summed E-state index contributed by atoms with van der Waals surface area (Å²) in [6.45, 7) is -14.2. The minimum Gasteiger partial charge on any atom is -0.390 e. The van der Waals surface area contributed by atoms with E-state index in [1.807, 2.05) is 0 Å². The molecule has 0 radical (unpaired) electrons. The van der Waals surface area contributed by atoms with Crippen molar-refractivity contribution in [3.8, 4) is 0 Å². The first-order chi connectivity index (χ1) is 38.9.